The Hall–Kier alpha value is -1.20. The molecule has 0 aliphatic heterocycles. The number of hydrogen-bond donors (Lipinski definition) is 1. The average Bonchev–Trinajstić information content (AvgIpc) is 2.33. The summed E-state index contributed by atoms with van der Waals surface area (Å²) in [5, 5.41) is 0. The van der Waals surface area contributed by atoms with Crippen molar-refractivity contribution < 1.29 is 4.74 Å². The van der Waals surface area contributed by atoms with Crippen LogP contribution in [0.3, 0.4) is 0 Å². The van der Waals surface area contributed by atoms with Gasteiger partial charge in [-0.3, -0.25) is 0 Å². The van der Waals surface area contributed by atoms with Crippen molar-refractivity contribution in [2.45, 2.75) is 6.92 Å². The van der Waals surface area contributed by atoms with Crippen molar-refractivity contribution in [1.82, 2.24) is 9.97 Å². The quantitative estimate of drug-likeness (QED) is 0.872. The molecule has 3 nitrogen and oxygen atoms in total. The van der Waals surface area contributed by atoms with E-state index in [1.54, 1.807) is 6.20 Å². The van der Waals surface area contributed by atoms with Gasteiger partial charge in [-0.15, -0.1) is 0 Å². The Bertz CT molecular complexity index is 583. The number of rotatable bonds is 3. The van der Waals surface area contributed by atoms with Gasteiger partial charge in [-0.25, -0.2) is 4.98 Å². The van der Waals surface area contributed by atoms with Crippen molar-refractivity contribution in [3.8, 4) is 17.1 Å². The lowest BCUT2D eigenvalue weighted by molar-refractivity contribution is 0.340. The summed E-state index contributed by atoms with van der Waals surface area (Å²) in [6.07, 6.45) is 1.70. The molecule has 1 aromatic carbocycles. The van der Waals surface area contributed by atoms with Gasteiger partial charge < -0.3 is 9.72 Å². The summed E-state index contributed by atoms with van der Waals surface area (Å²) >= 11 is 8.47. The van der Waals surface area contributed by atoms with Gasteiger partial charge in [0.2, 0.25) is 0 Å². The SMILES string of the molecule is CCOc1cccc(-c2ncc(Br)c(=S)[nH]2)c1. The molecule has 0 saturated carbocycles. The maximum Gasteiger partial charge on any atom is 0.138 e. The molecule has 17 heavy (non-hydrogen) atoms. The van der Waals surface area contributed by atoms with Crippen molar-refractivity contribution in [1.29, 1.82) is 0 Å². The number of hydrogen-bond acceptors (Lipinski definition) is 3. The lowest BCUT2D eigenvalue weighted by atomic mass is 10.2. The van der Waals surface area contributed by atoms with Gasteiger partial charge in [0.05, 0.1) is 11.1 Å². The van der Waals surface area contributed by atoms with E-state index in [0.717, 1.165) is 21.6 Å². The van der Waals surface area contributed by atoms with Gasteiger partial charge >= 0.3 is 0 Å². The highest BCUT2D eigenvalue weighted by Gasteiger charge is 2.02. The zero-order chi connectivity index (χ0) is 12.3. The fourth-order valence-corrected chi connectivity index (χ4v) is 1.78. The molecule has 0 saturated heterocycles. The van der Waals surface area contributed by atoms with Crippen LogP contribution in [-0.2, 0) is 0 Å². The van der Waals surface area contributed by atoms with Crippen molar-refractivity contribution in [3.05, 3.63) is 39.6 Å². The molecule has 5 heteroatoms. The van der Waals surface area contributed by atoms with Gasteiger partial charge in [0, 0.05) is 11.8 Å². The van der Waals surface area contributed by atoms with Gasteiger partial charge in [0.15, 0.2) is 0 Å². The Morgan fingerprint density at radius 1 is 1.47 bits per heavy atom. The molecule has 0 unspecified atom stereocenters. The Labute approximate surface area is 113 Å². The number of aromatic amines is 1. The van der Waals surface area contributed by atoms with E-state index < -0.39 is 0 Å². The highest BCUT2D eigenvalue weighted by Crippen LogP contribution is 2.21. The van der Waals surface area contributed by atoms with Crippen LogP contribution in [0.5, 0.6) is 5.75 Å². The normalized spacial score (nSPS) is 10.2. The average molecular weight is 311 g/mol. The van der Waals surface area contributed by atoms with Crippen LogP contribution >= 0.6 is 28.1 Å². The van der Waals surface area contributed by atoms with E-state index in [9.17, 15) is 0 Å². The molecule has 2 aromatic rings. The second-order valence-corrected chi connectivity index (χ2v) is 4.63. The van der Waals surface area contributed by atoms with Crippen molar-refractivity contribution in [2.24, 2.45) is 0 Å². The molecule has 0 fully saturated rings. The fraction of sp³-hybridized carbons (Fsp3) is 0.167. The maximum atomic E-state index is 5.44. The largest absolute Gasteiger partial charge is 0.494 e. The molecule has 0 bridgehead atoms. The zero-order valence-corrected chi connectivity index (χ0v) is 11.6. The minimum atomic E-state index is 0.636. The van der Waals surface area contributed by atoms with Crippen LogP contribution in [-0.4, -0.2) is 16.6 Å². The highest BCUT2D eigenvalue weighted by atomic mass is 79.9. The molecule has 0 aliphatic rings. The minimum Gasteiger partial charge on any atom is -0.494 e. The van der Waals surface area contributed by atoms with Crippen LogP contribution in [0.4, 0.5) is 0 Å². The summed E-state index contributed by atoms with van der Waals surface area (Å²) in [7, 11) is 0. The van der Waals surface area contributed by atoms with Crippen LogP contribution < -0.4 is 4.74 Å². The van der Waals surface area contributed by atoms with E-state index in [-0.39, 0.29) is 0 Å². The van der Waals surface area contributed by atoms with E-state index in [1.807, 2.05) is 31.2 Å². The highest BCUT2D eigenvalue weighted by molar-refractivity contribution is 9.10. The van der Waals surface area contributed by atoms with E-state index in [0.29, 0.717) is 11.2 Å². The number of halogens is 1. The lowest BCUT2D eigenvalue weighted by Crippen LogP contribution is -1.93. The second-order valence-electron chi connectivity index (χ2n) is 3.37. The molecule has 0 spiro atoms. The monoisotopic (exact) mass is 310 g/mol. The van der Waals surface area contributed by atoms with Crippen molar-refractivity contribution in [3.63, 3.8) is 0 Å². The number of aromatic nitrogens is 2. The first kappa shape index (κ1) is 12.3. The molecule has 1 heterocycles. The van der Waals surface area contributed by atoms with E-state index in [4.69, 9.17) is 17.0 Å². The topological polar surface area (TPSA) is 37.9 Å². The van der Waals surface area contributed by atoms with E-state index >= 15 is 0 Å². The maximum absolute atomic E-state index is 5.44. The summed E-state index contributed by atoms with van der Waals surface area (Å²) in [6.45, 7) is 2.60. The first-order chi connectivity index (χ1) is 8.20. The fourth-order valence-electron chi connectivity index (χ4n) is 1.43. The van der Waals surface area contributed by atoms with E-state index in [2.05, 4.69) is 25.9 Å². The van der Waals surface area contributed by atoms with E-state index in [1.165, 1.54) is 0 Å². The van der Waals surface area contributed by atoms with Gasteiger partial charge in [-0.05, 0) is 35.0 Å². The molecule has 1 N–H and O–H groups in total. The number of H-pyrrole nitrogens is 1. The lowest BCUT2D eigenvalue weighted by Gasteiger charge is -2.05. The summed E-state index contributed by atoms with van der Waals surface area (Å²) in [4.78, 5) is 7.35. The third-order valence-corrected chi connectivity index (χ3v) is 3.36. The summed E-state index contributed by atoms with van der Waals surface area (Å²) in [5.74, 6) is 1.56. The predicted molar refractivity (Wildman–Crippen MR) is 73.7 cm³/mol. The Morgan fingerprint density at radius 3 is 3.00 bits per heavy atom. The Kier molecular flexibility index (Phi) is 3.91. The first-order valence-corrected chi connectivity index (χ1v) is 6.39. The predicted octanol–water partition coefficient (Wildman–Crippen LogP) is 3.97. The number of ether oxygens (including phenoxy) is 1. The molecule has 2 rings (SSSR count). The van der Waals surface area contributed by atoms with Crippen LogP contribution in [0.25, 0.3) is 11.4 Å². The van der Waals surface area contributed by atoms with Gasteiger partial charge in [0.25, 0.3) is 0 Å². The third kappa shape index (κ3) is 2.92. The summed E-state index contributed by atoms with van der Waals surface area (Å²) in [6, 6.07) is 7.75. The number of benzene rings is 1. The Morgan fingerprint density at radius 2 is 2.29 bits per heavy atom. The van der Waals surface area contributed by atoms with Crippen LogP contribution in [0.1, 0.15) is 6.92 Å². The minimum absolute atomic E-state index is 0.636. The van der Waals surface area contributed by atoms with Crippen molar-refractivity contribution in [2.75, 3.05) is 6.61 Å². The molecule has 1 aromatic heterocycles. The zero-order valence-electron chi connectivity index (χ0n) is 9.24. The molecular formula is C12H11BrN2OS. The van der Waals surface area contributed by atoms with Crippen molar-refractivity contribution >= 4 is 28.1 Å². The molecule has 0 radical (unpaired) electrons. The molecule has 0 amide bonds. The van der Waals surface area contributed by atoms with Crippen LogP contribution in [0.2, 0.25) is 0 Å². The van der Waals surface area contributed by atoms with Gasteiger partial charge in [0.1, 0.15) is 16.2 Å². The molecule has 0 atom stereocenters. The second kappa shape index (κ2) is 5.42. The molecule has 0 aliphatic carbocycles. The first-order valence-electron chi connectivity index (χ1n) is 5.18. The van der Waals surface area contributed by atoms with Crippen LogP contribution in [0, 0.1) is 4.64 Å². The molecular weight excluding hydrogens is 300 g/mol. The summed E-state index contributed by atoms with van der Waals surface area (Å²) < 4.78 is 6.87. The smallest absolute Gasteiger partial charge is 0.138 e. The molecule has 88 valence electrons. The third-order valence-electron chi connectivity index (χ3n) is 2.17. The number of nitrogens with zero attached hydrogens (tertiary/aromatic N) is 1. The Balaban J connectivity index is 2.42. The van der Waals surface area contributed by atoms with Gasteiger partial charge in [-0.2, -0.15) is 0 Å². The standard InChI is InChI=1S/C12H11BrN2OS/c1-2-16-9-5-3-4-8(6-9)11-14-7-10(13)12(17)15-11/h3-7H,2H2,1H3,(H,14,15,17). The summed E-state index contributed by atoms with van der Waals surface area (Å²) in [5.41, 5.74) is 0.953. The van der Waals surface area contributed by atoms with Crippen LogP contribution in [0.15, 0.2) is 34.9 Å². The number of nitrogens with one attached hydrogen (secondary N) is 1. The van der Waals surface area contributed by atoms with Gasteiger partial charge in [-0.1, -0.05) is 24.4 Å².